The van der Waals surface area contributed by atoms with E-state index < -0.39 is 6.67 Å². The summed E-state index contributed by atoms with van der Waals surface area (Å²) in [7, 11) is 0. The fraction of sp³-hybridized carbons (Fsp3) is 0.308. The number of hydrogen-bond acceptors (Lipinski definition) is 3. The third kappa shape index (κ3) is 3.30. The lowest BCUT2D eigenvalue weighted by molar-refractivity contribution is 0.417. The molecule has 1 aromatic heterocycles. The third-order valence-corrected chi connectivity index (χ3v) is 2.65. The van der Waals surface area contributed by atoms with Gasteiger partial charge in [-0.1, -0.05) is 12.1 Å². The number of nitrogens with zero attached hydrogens (tertiary/aromatic N) is 2. The van der Waals surface area contributed by atoms with E-state index in [2.05, 4.69) is 10.4 Å². The van der Waals surface area contributed by atoms with E-state index >= 15 is 0 Å². The highest BCUT2D eigenvalue weighted by Gasteiger charge is 2.01. The zero-order valence-electron chi connectivity index (χ0n) is 10.0. The number of nitrogens with one attached hydrogen (secondary N) is 1. The van der Waals surface area contributed by atoms with Gasteiger partial charge in [-0.15, -0.1) is 0 Å². The summed E-state index contributed by atoms with van der Waals surface area (Å²) >= 11 is 0. The Morgan fingerprint density at radius 2 is 2.17 bits per heavy atom. The molecule has 0 amide bonds. The molecule has 0 bridgehead atoms. The fourth-order valence-corrected chi connectivity index (χ4v) is 1.79. The normalized spacial score (nSPS) is 10.7. The SMILES string of the molecule is Oc1cccc(CNCc2ccnn2CCF)c1. The molecular formula is C13H16FN3O. The van der Waals surface area contributed by atoms with Crippen LogP contribution in [0, 0.1) is 0 Å². The zero-order valence-corrected chi connectivity index (χ0v) is 10.0. The summed E-state index contributed by atoms with van der Waals surface area (Å²) in [5, 5.41) is 16.6. The predicted octanol–water partition coefficient (Wildman–Crippen LogP) is 1.85. The van der Waals surface area contributed by atoms with E-state index in [1.54, 1.807) is 29.1 Å². The molecule has 0 atom stereocenters. The number of benzene rings is 1. The predicted molar refractivity (Wildman–Crippen MR) is 66.9 cm³/mol. The second-order valence-electron chi connectivity index (χ2n) is 4.01. The maximum Gasteiger partial charge on any atom is 0.115 e. The Morgan fingerprint density at radius 1 is 1.28 bits per heavy atom. The van der Waals surface area contributed by atoms with Gasteiger partial charge in [0.25, 0.3) is 0 Å². The second kappa shape index (κ2) is 6.16. The molecule has 5 heteroatoms. The highest BCUT2D eigenvalue weighted by atomic mass is 19.1. The molecule has 2 rings (SSSR count). The van der Waals surface area contributed by atoms with Crippen LogP contribution in [0.5, 0.6) is 5.75 Å². The van der Waals surface area contributed by atoms with Crippen molar-refractivity contribution in [2.24, 2.45) is 0 Å². The minimum absolute atomic E-state index is 0.261. The highest BCUT2D eigenvalue weighted by Crippen LogP contribution is 2.10. The van der Waals surface area contributed by atoms with Crippen LogP contribution in [0.3, 0.4) is 0 Å². The summed E-state index contributed by atoms with van der Waals surface area (Å²) in [5.41, 5.74) is 1.96. The monoisotopic (exact) mass is 249 g/mol. The van der Waals surface area contributed by atoms with Crippen molar-refractivity contribution in [2.45, 2.75) is 19.6 Å². The average Bonchev–Trinajstić information content (AvgIpc) is 2.78. The Kier molecular flexibility index (Phi) is 4.30. The van der Waals surface area contributed by atoms with Gasteiger partial charge in [-0.05, 0) is 23.8 Å². The number of aryl methyl sites for hydroxylation is 1. The number of phenolic OH excluding ortho intramolecular Hbond substituents is 1. The summed E-state index contributed by atoms with van der Waals surface area (Å²) < 4.78 is 13.9. The van der Waals surface area contributed by atoms with Crippen molar-refractivity contribution in [3.63, 3.8) is 0 Å². The van der Waals surface area contributed by atoms with Crippen molar-refractivity contribution in [3.8, 4) is 5.75 Å². The minimum atomic E-state index is -0.415. The van der Waals surface area contributed by atoms with E-state index in [1.807, 2.05) is 12.1 Å². The van der Waals surface area contributed by atoms with Crippen molar-refractivity contribution >= 4 is 0 Å². The molecule has 0 aliphatic carbocycles. The van der Waals surface area contributed by atoms with Crippen molar-refractivity contribution < 1.29 is 9.50 Å². The lowest BCUT2D eigenvalue weighted by Crippen LogP contribution is -2.17. The molecule has 0 spiro atoms. The van der Waals surface area contributed by atoms with Crippen LogP contribution in [0.15, 0.2) is 36.5 Å². The van der Waals surface area contributed by atoms with E-state index in [0.29, 0.717) is 13.1 Å². The Morgan fingerprint density at radius 3 is 2.94 bits per heavy atom. The van der Waals surface area contributed by atoms with Gasteiger partial charge >= 0.3 is 0 Å². The van der Waals surface area contributed by atoms with Crippen molar-refractivity contribution in [2.75, 3.05) is 6.67 Å². The Bertz CT molecular complexity index is 498. The van der Waals surface area contributed by atoms with Gasteiger partial charge in [-0.3, -0.25) is 4.68 Å². The van der Waals surface area contributed by atoms with Crippen LogP contribution in [0.2, 0.25) is 0 Å². The van der Waals surface area contributed by atoms with E-state index in [0.717, 1.165) is 11.3 Å². The molecule has 0 unspecified atom stereocenters. The highest BCUT2D eigenvalue weighted by molar-refractivity contribution is 5.26. The smallest absolute Gasteiger partial charge is 0.115 e. The molecule has 2 aromatic rings. The van der Waals surface area contributed by atoms with Gasteiger partial charge in [0.15, 0.2) is 0 Å². The maximum atomic E-state index is 12.3. The lowest BCUT2D eigenvalue weighted by Gasteiger charge is -2.07. The Labute approximate surface area is 105 Å². The molecule has 96 valence electrons. The summed E-state index contributed by atoms with van der Waals surface area (Å²) in [6.45, 7) is 1.14. The first-order valence-corrected chi connectivity index (χ1v) is 5.85. The van der Waals surface area contributed by atoms with E-state index in [4.69, 9.17) is 0 Å². The molecule has 0 saturated heterocycles. The number of rotatable bonds is 6. The fourth-order valence-electron chi connectivity index (χ4n) is 1.79. The minimum Gasteiger partial charge on any atom is -0.508 e. The van der Waals surface area contributed by atoms with E-state index in [1.165, 1.54) is 0 Å². The van der Waals surface area contributed by atoms with Gasteiger partial charge in [-0.25, -0.2) is 4.39 Å². The van der Waals surface area contributed by atoms with Crippen LogP contribution in [0.25, 0.3) is 0 Å². The van der Waals surface area contributed by atoms with Gasteiger partial charge in [0, 0.05) is 19.3 Å². The first kappa shape index (κ1) is 12.6. The second-order valence-corrected chi connectivity index (χ2v) is 4.01. The van der Waals surface area contributed by atoms with Gasteiger partial charge in [0.2, 0.25) is 0 Å². The molecule has 1 heterocycles. The van der Waals surface area contributed by atoms with Crippen molar-refractivity contribution in [1.82, 2.24) is 15.1 Å². The van der Waals surface area contributed by atoms with Crippen LogP contribution in [-0.4, -0.2) is 21.6 Å². The van der Waals surface area contributed by atoms with Gasteiger partial charge in [0.1, 0.15) is 12.4 Å². The molecule has 2 N–H and O–H groups in total. The summed E-state index contributed by atoms with van der Waals surface area (Å²) in [5.74, 6) is 0.261. The zero-order chi connectivity index (χ0) is 12.8. The number of aromatic nitrogens is 2. The number of halogens is 1. The van der Waals surface area contributed by atoms with Crippen LogP contribution >= 0.6 is 0 Å². The number of aromatic hydroxyl groups is 1. The van der Waals surface area contributed by atoms with Gasteiger partial charge in [-0.2, -0.15) is 5.10 Å². The first-order valence-electron chi connectivity index (χ1n) is 5.85. The lowest BCUT2D eigenvalue weighted by atomic mass is 10.2. The molecule has 1 aromatic carbocycles. The quantitative estimate of drug-likeness (QED) is 0.821. The molecule has 0 radical (unpaired) electrons. The molecule has 0 saturated carbocycles. The topological polar surface area (TPSA) is 50.1 Å². The van der Waals surface area contributed by atoms with Crippen LogP contribution < -0.4 is 5.32 Å². The van der Waals surface area contributed by atoms with Crippen LogP contribution in [0.1, 0.15) is 11.3 Å². The van der Waals surface area contributed by atoms with Crippen LogP contribution in [0.4, 0.5) is 4.39 Å². The largest absolute Gasteiger partial charge is 0.508 e. The van der Waals surface area contributed by atoms with Gasteiger partial charge < -0.3 is 10.4 Å². The number of hydrogen-bond donors (Lipinski definition) is 2. The standard InChI is InChI=1S/C13H16FN3O/c14-5-7-17-12(4-6-16-17)10-15-9-11-2-1-3-13(18)8-11/h1-4,6,8,15,18H,5,7,9-10H2. The van der Waals surface area contributed by atoms with Crippen molar-refractivity contribution in [3.05, 3.63) is 47.8 Å². The number of phenols is 1. The third-order valence-electron chi connectivity index (χ3n) is 2.65. The summed E-state index contributed by atoms with van der Waals surface area (Å²) in [4.78, 5) is 0. The van der Waals surface area contributed by atoms with E-state index in [-0.39, 0.29) is 12.3 Å². The van der Waals surface area contributed by atoms with E-state index in [9.17, 15) is 9.50 Å². The van der Waals surface area contributed by atoms with Crippen LogP contribution in [-0.2, 0) is 19.6 Å². The Hall–Kier alpha value is -1.88. The number of alkyl halides is 1. The first-order chi connectivity index (χ1) is 8.79. The molecule has 4 nitrogen and oxygen atoms in total. The molecule has 0 fully saturated rings. The molecular weight excluding hydrogens is 233 g/mol. The maximum absolute atomic E-state index is 12.3. The summed E-state index contributed by atoms with van der Waals surface area (Å²) in [6, 6.07) is 8.96. The summed E-state index contributed by atoms with van der Waals surface area (Å²) in [6.07, 6.45) is 1.67. The van der Waals surface area contributed by atoms with Crippen molar-refractivity contribution in [1.29, 1.82) is 0 Å². The molecule has 0 aliphatic heterocycles. The average molecular weight is 249 g/mol. The molecule has 0 aliphatic rings. The Balaban J connectivity index is 1.86. The van der Waals surface area contributed by atoms with Gasteiger partial charge in [0.05, 0.1) is 12.2 Å². The molecule has 18 heavy (non-hydrogen) atoms.